The van der Waals surface area contributed by atoms with Crippen molar-refractivity contribution in [2.45, 2.75) is 27.7 Å². The molecule has 0 spiro atoms. The normalized spacial score (nSPS) is 11.3. The Balaban J connectivity index is 1.91. The van der Waals surface area contributed by atoms with Crippen LogP contribution >= 0.6 is 0 Å². The van der Waals surface area contributed by atoms with Crippen LogP contribution in [0.2, 0.25) is 0 Å². The molecule has 120 valence electrons. The van der Waals surface area contributed by atoms with E-state index in [1.54, 1.807) is 4.68 Å². The molecule has 6 heteroatoms. The van der Waals surface area contributed by atoms with E-state index in [9.17, 15) is 0 Å². The summed E-state index contributed by atoms with van der Waals surface area (Å²) in [5, 5.41) is 12.3. The Morgan fingerprint density at radius 3 is 2.46 bits per heavy atom. The van der Waals surface area contributed by atoms with E-state index in [1.807, 2.05) is 25.1 Å². The molecule has 2 aromatic carbocycles. The highest BCUT2D eigenvalue weighted by molar-refractivity contribution is 5.79. The summed E-state index contributed by atoms with van der Waals surface area (Å²) in [6.45, 7) is 8.07. The smallest absolute Gasteiger partial charge is 0.192 e. The lowest BCUT2D eigenvalue weighted by atomic mass is 10.0. The second-order valence-electron chi connectivity index (χ2n) is 6.08. The fraction of sp³-hybridized carbons (Fsp3) is 0.222. The molecular formula is C18H17N5O. The third-order valence-electron chi connectivity index (χ3n) is 4.07. The number of hydrogen-bond donors (Lipinski definition) is 0. The van der Waals surface area contributed by atoms with Crippen LogP contribution in [-0.4, -0.2) is 25.2 Å². The minimum absolute atomic E-state index is 0.645. The Kier molecular flexibility index (Phi) is 3.19. The van der Waals surface area contributed by atoms with Crippen molar-refractivity contribution in [2.75, 3.05) is 0 Å². The van der Waals surface area contributed by atoms with Crippen molar-refractivity contribution in [3.8, 4) is 17.1 Å². The predicted molar refractivity (Wildman–Crippen MR) is 91.1 cm³/mol. The molecule has 0 bridgehead atoms. The molecule has 0 atom stereocenters. The van der Waals surface area contributed by atoms with E-state index < -0.39 is 0 Å². The van der Waals surface area contributed by atoms with Crippen molar-refractivity contribution >= 4 is 11.1 Å². The number of nitrogens with zero attached hydrogens (tertiary/aromatic N) is 5. The summed E-state index contributed by atoms with van der Waals surface area (Å²) in [4.78, 5) is 4.39. The zero-order chi connectivity index (χ0) is 16.8. The quantitative estimate of drug-likeness (QED) is 0.563. The summed E-state index contributed by atoms with van der Waals surface area (Å²) in [5.74, 6) is 1.33. The first-order valence-electron chi connectivity index (χ1n) is 7.77. The number of oxazole rings is 1. The average Bonchev–Trinajstić information content (AvgIpc) is 3.10. The van der Waals surface area contributed by atoms with Gasteiger partial charge in [0.2, 0.25) is 0 Å². The maximum absolute atomic E-state index is 5.54. The minimum atomic E-state index is 0.645. The van der Waals surface area contributed by atoms with Gasteiger partial charge in [-0.1, -0.05) is 17.7 Å². The van der Waals surface area contributed by atoms with Crippen LogP contribution in [0.4, 0.5) is 0 Å². The number of benzene rings is 2. The second kappa shape index (κ2) is 5.26. The van der Waals surface area contributed by atoms with Crippen LogP contribution in [0, 0.1) is 27.7 Å². The Morgan fingerprint density at radius 1 is 0.958 bits per heavy atom. The highest BCUT2D eigenvalue weighted by Crippen LogP contribution is 2.27. The van der Waals surface area contributed by atoms with Gasteiger partial charge in [-0.05, 0) is 60.5 Å². The molecule has 0 unspecified atom stereocenters. The zero-order valence-electron chi connectivity index (χ0n) is 14.0. The molecule has 2 heterocycles. The van der Waals surface area contributed by atoms with Crippen LogP contribution in [0.3, 0.4) is 0 Å². The van der Waals surface area contributed by atoms with E-state index >= 15 is 0 Å². The van der Waals surface area contributed by atoms with Crippen LogP contribution in [0.1, 0.15) is 22.6 Å². The summed E-state index contributed by atoms with van der Waals surface area (Å²) in [5.41, 5.74) is 6.98. The van der Waals surface area contributed by atoms with Gasteiger partial charge in [-0.25, -0.2) is 4.98 Å². The maximum atomic E-state index is 5.54. The average molecular weight is 319 g/mol. The van der Waals surface area contributed by atoms with E-state index in [-0.39, 0.29) is 0 Å². The monoisotopic (exact) mass is 319 g/mol. The summed E-state index contributed by atoms with van der Waals surface area (Å²) in [6.07, 6.45) is 0. The van der Waals surface area contributed by atoms with Gasteiger partial charge in [-0.3, -0.25) is 0 Å². The Labute approximate surface area is 139 Å². The fourth-order valence-corrected chi connectivity index (χ4v) is 3.21. The molecule has 24 heavy (non-hydrogen) atoms. The van der Waals surface area contributed by atoms with Gasteiger partial charge in [0.05, 0.1) is 5.69 Å². The maximum Gasteiger partial charge on any atom is 0.192 e. The van der Waals surface area contributed by atoms with Crippen molar-refractivity contribution in [2.24, 2.45) is 0 Å². The van der Waals surface area contributed by atoms with Crippen LogP contribution in [-0.2, 0) is 0 Å². The van der Waals surface area contributed by atoms with Gasteiger partial charge in [0, 0.05) is 12.5 Å². The van der Waals surface area contributed by atoms with Gasteiger partial charge >= 0.3 is 0 Å². The van der Waals surface area contributed by atoms with Gasteiger partial charge in [-0.15, -0.1) is 5.10 Å². The highest BCUT2D eigenvalue weighted by Gasteiger charge is 2.16. The molecule has 6 nitrogen and oxygen atoms in total. The summed E-state index contributed by atoms with van der Waals surface area (Å²) in [7, 11) is 0. The van der Waals surface area contributed by atoms with E-state index in [0.717, 1.165) is 33.5 Å². The van der Waals surface area contributed by atoms with Crippen LogP contribution in [0.15, 0.2) is 34.7 Å². The minimum Gasteiger partial charge on any atom is -0.441 e. The molecule has 0 aliphatic heterocycles. The third-order valence-corrected chi connectivity index (χ3v) is 4.07. The Hall–Kier alpha value is -3.02. The largest absolute Gasteiger partial charge is 0.441 e. The third kappa shape index (κ3) is 2.27. The van der Waals surface area contributed by atoms with Gasteiger partial charge in [0.15, 0.2) is 17.3 Å². The topological polar surface area (TPSA) is 69.6 Å². The standard InChI is InChI=1S/C18H17N5O/c1-10-7-11(2)17(12(3)8-10)23-18(20-21-22-23)14-5-6-16-15(9-14)19-13(4)24-16/h5-9H,1-4H3. The summed E-state index contributed by atoms with van der Waals surface area (Å²) >= 11 is 0. The van der Waals surface area contributed by atoms with E-state index in [2.05, 4.69) is 53.4 Å². The molecule has 2 aromatic heterocycles. The molecule has 0 aliphatic rings. The van der Waals surface area contributed by atoms with Crippen molar-refractivity contribution in [1.29, 1.82) is 0 Å². The lowest BCUT2D eigenvalue weighted by Crippen LogP contribution is -2.05. The lowest BCUT2D eigenvalue weighted by molar-refractivity contribution is 0.561. The number of fused-ring (bicyclic) bond motifs is 1. The highest BCUT2D eigenvalue weighted by atomic mass is 16.3. The molecular weight excluding hydrogens is 302 g/mol. The molecule has 0 saturated heterocycles. The molecule has 0 saturated carbocycles. The van der Waals surface area contributed by atoms with Crippen molar-refractivity contribution in [3.63, 3.8) is 0 Å². The number of rotatable bonds is 2. The Morgan fingerprint density at radius 2 is 1.71 bits per heavy atom. The fourth-order valence-electron chi connectivity index (χ4n) is 3.21. The molecule has 4 rings (SSSR count). The number of tetrazole rings is 1. The number of aromatic nitrogens is 5. The second-order valence-corrected chi connectivity index (χ2v) is 6.08. The van der Waals surface area contributed by atoms with Gasteiger partial charge in [0.1, 0.15) is 5.52 Å². The number of aryl methyl sites for hydroxylation is 4. The van der Waals surface area contributed by atoms with Gasteiger partial charge in [0.25, 0.3) is 0 Å². The predicted octanol–water partition coefficient (Wildman–Crippen LogP) is 3.70. The van der Waals surface area contributed by atoms with E-state index in [0.29, 0.717) is 11.7 Å². The zero-order valence-corrected chi connectivity index (χ0v) is 14.0. The SMILES string of the molecule is Cc1cc(C)c(-n2nnnc2-c2ccc3oc(C)nc3c2)c(C)c1. The van der Waals surface area contributed by atoms with Crippen molar-refractivity contribution < 1.29 is 4.42 Å². The first-order valence-corrected chi connectivity index (χ1v) is 7.77. The molecule has 0 N–H and O–H groups in total. The van der Waals surface area contributed by atoms with Crippen molar-refractivity contribution in [1.82, 2.24) is 25.2 Å². The number of hydrogen-bond acceptors (Lipinski definition) is 5. The molecule has 4 aromatic rings. The van der Waals surface area contributed by atoms with Gasteiger partial charge < -0.3 is 4.42 Å². The molecule has 0 amide bonds. The summed E-state index contributed by atoms with van der Waals surface area (Å²) in [6, 6.07) is 10.1. The van der Waals surface area contributed by atoms with Crippen LogP contribution in [0.5, 0.6) is 0 Å². The Bertz CT molecular complexity index is 1040. The summed E-state index contributed by atoms with van der Waals surface area (Å²) < 4.78 is 7.33. The van der Waals surface area contributed by atoms with Crippen molar-refractivity contribution in [3.05, 3.63) is 52.9 Å². The van der Waals surface area contributed by atoms with Crippen LogP contribution < -0.4 is 0 Å². The van der Waals surface area contributed by atoms with Gasteiger partial charge in [-0.2, -0.15) is 4.68 Å². The van der Waals surface area contributed by atoms with E-state index in [4.69, 9.17) is 4.42 Å². The molecule has 0 fully saturated rings. The molecule has 0 radical (unpaired) electrons. The van der Waals surface area contributed by atoms with Crippen LogP contribution in [0.25, 0.3) is 28.2 Å². The first-order chi connectivity index (χ1) is 11.5. The first kappa shape index (κ1) is 14.6. The molecule has 0 aliphatic carbocycles. The lowest BCUT2D eigenvalue weighted by Gasteiger charge is -2.12. The van der Waals surface area contributed by atoms with E-state index in [1.165, 1.54) is 5.56 Å².